The van der Waals surface area contributed by atoms with Gasteiger partial charge in [0.15, 0.2) is 0 Å². The molecular weight excluding hydrogens is 515 g/mol. The number of aldehydes is 1. The van der Waals surface area contributed by atoms with E-state index in [4.69, 9.17) is 0 Å². The van der Waals surface area contributed by atoms with Crippen LogP contribution in [0.2, 0.25) is 0 Å². The van der Waals surface area contributed by atoms with E-state index in [2.05, 4.69) is 18.5 Å². The molecule has 2 aromatic carbocycles. The van der Waals surface area contributed by atoms with E-state index in [0.29, 0.717) is 17.4 Å². The van der Waals surface area contributed by atoms with Gasteiger partial charge in [-0.2, -0.15) is 0 Å². The van der Waals surface area contributed by atoms with E-state index >= 15 is 0 Å². The van der Waals surface area contributed by atoms with Gasteiger partial charge in [-0.15, -0.1) is 0 Å². The van der Waals surface area contributed by atoms with Crippen molar-refractivity contribution in [3.63, 3.8) is 0 Å². The first-order valence-corrected chi connectivity index (χ1v) is 11.7. The zero-order valence-electron chi connectivity index (χ0n) is 20.3. The van der Waals surface area contributed by atoms with Crippen molar-refractivity contribution in [1.82, 2.24) is 0 Å². The number of benzene rings is 2. The topological polar surface area (TPSA) is 191 Å². The molecule has 0 saturated heterocycles. The van der Waals surface area contributed by atoms with Crippen molar-refractivity contribution in [1.29, 1.82) is 0 Å². The van der Waals surface area contributed by atoms with Crippen LogP contribution < -0.4 is 0 Å². The molecule has 0 unspecified atom stereocenters. The summed E-state index contributed by atoms with van der Waals surface area (Å²) in [6.45, 7) is 0. The first-order chi connectivity index (χ1) is 17.4. The van der Waals surface area contributed by atoms with E-state index in [1.807, 2.05) is 0 Å². The van der Waals surface area contributed by atoms with Crippen molar-refractivity contribution in [3.05, 3.63) is 86.0 Å². The molecule has 0 atom stereocenters. The minimum absolute atomic E-state index is 0.0120. The minimum atomic E-state index is -3.23. The van der Waals surface area contributed by atoms with Gasteiger partial charge in [-0.25, -0.2) is 4.79 Å². The number of rotatable bonds is 9. The highest BCUT2D eigenvalue weighted by atomic mass is 31.2. The average molecular weight is 540 g/mol. The molecule has 200 valence electrons. The van der Waals surface area contributed by atoms with E-state index in [-0.39, 0.29) is 17.5 Å². The maximum absolute atomic E-state index is 11.2. The Hall–Kier alpha value is -4.26. The Labute approximate surface area is 211 Å². The molecule has 2 rings (SSSR count). The Kier molecular flexibility index (Phi) is 15.2. The predicted molar refractivity (Wildman–Crippen MR) is 131 cm³/mol. The molecule has 0 bridgehead atoms. The van der Waals surface area contributed by atoms with Gasteiger partial charge < -0.3 is 18.5 Å². The van der Waals surface area contributed by atoms with Gasteiger partial charge >= 0.3 is 19.5 Å². The molecule has 15 heteroatoms. The van der Waals surface area contributed by atoms with Crippen LogP contribution in [0.15, 0.2) is 54.6 Å². The quantitative estimate of drug-likeness (QED) is 0.112. The zero-order valence-corrected chi connectivity index (χ0v) is 21.2. The minimum Gasteiger partial charge on any atom is -0.469 e. The molecule has 0 radical (unpaired) electrons. The number of carbonyl (C=O) groups excluding carboxylic acids is 3. The maximum Gasteiger partial charge on any atom is 0.341 e. The van der Waals surface area contributed by atoms with Crippen LogP contribution in [-0.4, -0.2) is 62.7 Å². The van der Waals surface area contributed by atoms with Crippen LogP contribution in [0.5, 0.6) is 0 Å². The summed E-state index contributed by atoms with van der Waals surface area (Å²) in [6.07, 6.45) is 2.89. The molecule has 0 amide bonds. The number of hydrogen-bond acceptors (Lipinski definition) is 12. The van der Waals surface area contributed by atoms with E-state index in [1.165, 1.54) is 77.0 Å². The molecular formula is C22H25N2O12P. The van der Waals surface area contributed by atoms with Crippen LogP contribution in [-0.2, 0) is 32.7 Å². The fraction of sp³-hybridized carbons (Fsp3) is 0.227. The van der Waals surface area contributed by atoms with E-state index in [0.717, 1.165) is 0 Å². The van der Waals surface area contributed by atoms with Gasteiger partial charge in [0.05, 0.1) is 24.1 Å². The lowest BCUT2D eigenvalue weighted by molar-refractivity contribution is -0.385. The lowest BCUT2D eigenvalue weighted by atomic mass is 10.2. The molecule has 2 aromatic rings. The van der Waals surface area contributed by atoms with Crippen LogP contribution in [0, 0.1) is 20.2 Å². The number of non-ortho nitro benzene ring substituents is 2. The molecule has 0 spiro atoms. The number of nitro groups is 2. The molecule has 0 heterocycles. The van der Waals surface area contributed by atoms with Crippen LogP contribution in [0.4, 0.5) is 11.4 Å². The summed E-state index contributed by atoms with van der Waals surface area (Å²) in [7, 11) is 1.67. The lowest BCUT2D eigenvalue weighted by Gasteiger charge is -2.10. The fourth-order valence-corrected chi connectivity index (χ4v) is 2.96. The molecule has 14 nitrogen and oxygen atoms in total. The van der Waals surface area contributed by atoms with Crippen LogP contribution in [0.1, 0.15) is 15.9 Å². The van der Waals surface area contributed by atoms with Crippen LogP contribution >= 0.6 is 7.60 Å². The van der Waals surface area contributed by atoms with E-state index in [1.54, 1.807) is 12.1 Å². The molecule has 0 aliphatic rings. The normalized spacial score (nSPS) is 10.2. The largest absolute Gasteiger partial charge is 0.469 e. The fourth-order valence-electron chi connectivity index (χ4n) is 2.11. The Balaban J connectivity index is 0.000000536. The highest BCUT2D eigenvalue weighted by Gasteiger charge is 2.25. The zero-order chi connectivity index (χ0) is 28.4. The number of esters is 2. The van der Waals surface area contributed by atoms with Crippen LogP contribution in [0.25, 0.3) is 6.08 Å². The number of nitro benzene ring substituents is 2. The third-order valence-electron chi connectivity index (χ3n) is 4.02. The second-order valence-corrected chi connectivity index (χ2v) is 8.66. The first kappa shape index (κ1) is 32.7. The molecule has 37 heavy (non-hydrogen) atoms. The Morgan fingerprint density at radius 2 is 1.35 bits per heavy atom. The third-order valence-corrected chi connectivity index (χ3v) is 5.78. The number of nitrogens with zero attached hydrogens (tertiary/aromatic N) is 2. The van der Waals surface area contributed by atoms with Crippen molar-refractivity contribution in [3.8, 4) is 0 Å². The predicted octanol–water partition coefficient (Wildman–Crippen LogP) is 3.83. The molecule has 0 aromatic heterocycles. The van der Waals surface area contributed by atoms with Crippen molar-refractivity contribution in [2.45, 2.75) is 0 Å². The molecule has 0 N–H and O–H groups in total. The maximum atomic E-state index is 11.2. The molecule has 0 aliphatic heterocycles. The first-order valence-electron chi connectivity index (χ1n) is 9.92. The standard InChI is InChI=1S/C10H9NO4.C7H5NO3.C5H11O5P/c1-15-10(12)6-5-8-3-2-4-9(7-8)11(13)14;9-5-6-2-1-3-7(4-6)8(10)11;1-8-5(6)4-11(7,9-2)10-3/h2-7H,1H3;1-5H;4H2,1-3H3/b6-5+;;. The number of hydrogen-bond donors (Lipinski definition) is 0. The molecule has 0 aliphatic carbocycles. The summed E-state index contributed by atoms with van der Waals surface area (Å²) in [5.41, 5.74) is 0.824. The number of carbonyl (C=O) groups is 3. The smallest absolute Gasteiger partial charge is 0.341 e. The molecule has 0 fully saturated rings. The summed E-state index contributed by atoms with van der Waals surface area (Å²) in [5, 5.41) is 20.6. The Morgan fingerprint density at radius 3 is 1.76 bits per heavy atom. The van der Waals surface area contributed by atoms with Gasteiger partial charge in [0.25, 0.3) is 11.4 Å². The Bertz CT molecular complexity index is 1160. The second kappa shape index (κ2) is 17.2. The summed E-state index contributed by atoms with van der Waals surface area (Å²) in [6, 6.07) is 11.5. The van der Waals surface area contributed by atoms with Gasteiger partial charge in [-0.1, -0.05) is 24.3 Å². The van der Waals surface area contributed by atoms with E-state index in [9.17, 15) is 39.2 Å². The summed E-state index contributed by atoms with van der Waals surface area (Å²) in [5.74, 6) is -1.11. The van der Waals surface area contributed by atoms with Crippen molar-refractivity contribution in [2.24, 2.45) is 0 Å². The van der Waals surface area contributed by atoms with Crippen molar-refractivity contribution >= 4 is 43.3 Å². The van der Waals surface area contributed by atoms with Gasteiger partial charge in [0.2, 0.25) is 0 Å². The van der Waals surface area contributed by atoms with Gasteiger partial charge in [0, 0.05) is 50.1 Å². The lowest BCUT2D eigenvalue weighted by Crippen LogP contribution is -2.08. The van der Waals surface area contributed by atoms with Gasteiger partial charge in [0.1, 0.15) is 12.4 Å². The van der Waals surface area contributed by atoms with E-state index < -0.39 is 29.4 Å². The Morgan fingerprint density at radius 1 is 0.865 bits per heavy atom. The monoisotopic (exact) mass is 540 g/mol. The SMILES string of the molecule is COC(=O)/C=C/c1cccc([N+](=O)[O-])c1.COC(=O)CP(=O)(OC)OC.O=Cc1cccc([N+](=O)[O-])c1. The van der Waals surface area contributed by atoms with Crippen molar-refractivity contribution in [2.75, 3.05) is 34.6 Å². The van der Waals surface area contributed by atoms with Gasteiger partial charge in [-0.05, 0) is 11.6 Å². The number of methoxy groups -OCH3 is 2. The highest BCUT2D eigenvalue weighted by Crippen LogP contribution is 2.45. The molecule has 0 saturated carbocycles. The highest BCUT2D eigenvalue weighted by molar-refractivity contribution is 7.54. The van der Waals surface area contributed by atoms with Gasteiger partial charge in [-0.3, -0.25) is 34.4 Å². The van der Waals surface area contributed by atoms with Crippen LogP contribution in [0.3, 0.4) is 0 Å². The average Bonchev–Trinajstić information content (AvgIpc) is 2.92. The summed E-state index contributed by atoms with van der Waals surface area (Å²) < 4.78 is 28.8. The van der Waals surface area contributed by atoms with Crippen molar-refractivity contribution < 1.29 is 47.3 Å². The summed E-state index contributed by atoms with van der Waals surface area (Å²) >= 11 is 0. The third kappa shape index (κ3) is 13.4. The second-order valence-electron chi connectivity index (χ2n) is 6.39. The number of ether oxygens (including phenoxy) is 2. The summed E-state index contributed by atoms with van der Waals surface area (Å²) in [4.78, 5) is 51.1.